The van der Waals surface area contributed by atoms with Gasteiger partial charge in [0, 0.05) is 27.2 Å². The first-order chi connectivity index (χ1) is 11.9. The van der Waals surface area contributed by atoms with Crippen molar-refractivity contribution >= 4 is 34.3 Å². The number of aromatic carboxylic acids is 1. The molecule has 0 aliphatic rings. The molecule has 1 aromatic heterocycles. The molecule has 2 aromatic carbocycles. The van der Waals surface area contributed by atoms with Crippen molar-refractivity contribution in [1.82, 2.24) is 4.98 Å². The Morgan fingerprint density at radius 3 is 2.48 bits per heavy atom. The maximum atomic E-state index is 12.2. The van der Waals surface area contributed by atoms with Gasteiger partial charge < -0.3 is 10.1 Å². The van der Waals surface area contributed by atoms with Crippen LogP contribution in [0.25, 0.3) is 10.9 Å². The van der Waals surface area contributed by atoms with Gasteiger partial charge in [0.25, 0.3) is 0 Å². The molecule has 0 spiro atoms. The third-order valence-corrected chi connectivity index (χ3v) is 4.72. The van der Waals surface area contributed by atoms with Gasteiger partial charge in [-0.25, -0.2) is 4.79 Å². The van der Waals surface area contributed by atoms with Crippen molar-refractivity contribution in [2.45, 2.75) is 26.7 Å². The number of rotatable bonds is 5. The Morgan fingerprint density at radius 1 is 1.16 bits per heavy atom. The highest BCUT2D eigenvalue weighted by atomic mass is 35.5. The van der Waals surface area contributed by atoms with Crippen molar-refractivity contribution < 1.29 is 14.7 Å². The number of ketones is 1. The number of aromatic amines is 1. The second-order valence-electron chi connectivity index (χ2n) is 6.02. The third kappa shape index (κ3) is 3.17. The summed E-state index contributed by atoms with van der Waals surface area (Å²) in [6, 6.07) is 10.7. The van der Waals surface area contributed by atoms with Crippen LogP contribution in [0.5, 0.6) is 0 Å². The average Bonchev–Trinajstić information content (AvgIpc) is 2.95. The van der Waals surface area contributed by atoms with Crippen LogP contribution in [0.15, 0.2) is 36.4 Å². The van der Waals surface area contributed by atoms with Crippen LogP contribution in [0.4, 0.5) is 0 Å². The molecule has 0 saturated heterocycles. The maximum Gasteiger partial charge on any atom is 0.335 e. The Morgan fingerprint density at radius 2 is 1.88 bits per heavy atom. The van der Waals surface area contributed by atoms with Gasteiger partial charge in [-0.2, -0.15) is 0 Å². The van der Waals surface area contributed by atoms with Crippen LogP contribution in [0.2, 0.25) is 5.02 Å². The number of fused-ring (bicyclic) bond motifs is 1. The summed E-state index contributed by atoms with van der Waals surface area (Å²) in [5.74, 6) is -1.04. The summed E-state index contributed by atoms with van der Waals surface area (Å²) >= 11 is 6.27. The van der Waals surface area contributed by atoms with E-state index in [-0.39, 0.29) is 11.3 Å². The summed E-state index contributed by atoms with van der Waals surface area (Å²) in [6.45, 7) is 3.50. The number of nitrogens with one attached hydrogen (secondary N) is 1. The fraction of sp³-hybridized carbons (Fsp3) is 0.200. The molecule has 0 amide bonds. The highest BCUT2D eigenvalue weighted by Crippen LogP contribution is 2.31. The van der Waals surface area contributed by atoms with Crippen molar-refractivity contribution in [3.05, 3.63) is 69.4 Å². The average molecular weight is 356 g/mol. The summed E-state index contributed by atoms with van der Waals surface area (Å²) in [6.07, 6.45) is 1.12. The largest absolute Gasteiger partial charge is 0.478 e. The van der Waals surface area contributed by atoms with Crippen molar-refractivity contribution in [2.75, 3.05) is 0 Å². The number of aromatic nitrogens is 1. The van der Waals surface area contributed by atoms with Gasteiger partial charge in [0.05, 0.1) is 5.56 Å². The van der Waals surface area contributed by atoms with Crippen LogP contribution in [-0.4, -0.2) is 21.8 Å². The number of halogens is 1. The number of carbonyl (C=O) groups is 2. The van der Waals surface area contributed by atoms with Gasteiger partial charge >= 0.3 is 5.97 Å². The Labute approximate surface area is 150 Å². The minimum absolute atomic E-state index is 0.0356. The highest BCUT2D eigenvalue weighted by molar-refractivity contribution is 6.31. The quantitative estimate of drug-likeness (QED) is 0.641. The monoisotopic (exact) mass is 355 g/mol. The number of benzene rings is 2. The zero-order chi connectivity index (χ0) is 18.1. The lowest BCUT2D eigenvalue weighted by Gasteiger charge is -2.09. The van der Waals surface area contributed by atoms with E-state index in [0.717, 1.165) is 22.2 Å². The van der Waals surface area contributed by atoms with E-state index in [4.69, 9.17) is 11.6 Å². The molecule has 3 aromatic rings. The Kier molecular flexibility index (Phi) is 4.64. The van der Waals surface area contributed by atoms with Crippen molar-refractivity contribution in [2.24, 2.45) is 0 Å². The van der Waals surface area contributed by atoms with Crippen molar-refractivity contribution in [3.8, 4) is 0 Å². The summed E-state index contributed by atoms with van der Waals surface area (Å²) in [4.78, 5) is 26.9. The number of Topliss-reactive ketones (excluding diaryl/α,β-unsaturated/α-hetero) is 1. The van der Waals surface area contributed by atoms with Crippen LogP contribution in [0.3, 0.4) is 0 Å². The molecule has 0 bridgehead atoms. The molecule has 1 heterocycles. The van der Waals surface area contributed by atoms with E-state index in [1.165, 1.54) is 6.92 Å². The lowest BCUT2D eigenvalue weighted by molar-refractivity contribution is 0.0696. The van der Waals surface area contributed by atoms with Crippen molar-refractivity contribution in [1.29, 1.82) is 0 Å². The van der Waals surface area contributed by atoms with E-state index in [2.05, 4.69) is 4.98 Å². The first kappa shape index (κ1) is 17.2. The van der Waals surface area contributed by atoms with Crippen LogP contribution >= 0.6 is 11.6 Å². The molecular formula is C20H18ClNO3. The smallest absolute Gasteiger partial charge is 0.335 e. The third-order valence-electron chi connectivity index (χ3n) is 4.35. The summed E-state index contributed by atoms with van der Waals surface area (Å²) < 4.78 is 0. The van der Waals surface area contributed by atoms with Crippen molar-refractivity contribution in [3.63, 3.8) is 0 Å². The van der Waals surface area contributed by atoms with Gasteiger partial charge in [-0.3, -0.25) is 4.79 Å². The van der Waals surface area contributed by atoms with Crippen LogP contribution in [0, 0.1) is 0 Å². The highest BCUT2D eigenvalue weighted by Gasteiger charge is 2.20. The van der Waals surface area contributed by atoms with Gasteiger partial charge in [0.2, 0.25) is 0 Å². The number of hydrogen-bond acceptors (Lipinski definition) is 2. The number of carboxylic acids is 1. The van der Waals surface area contributed by atoms with E-state index >= 15 is 0 Å². The Hall–Kier alpha value is -2.59. The van der Waals surface area contributed by atoms with Crippen LogP contribution in [0.1, 0.15) is 51.4 Å². The standard InChI is InChI=1S/C20H18ClNO3/c1-3-16-18(11(2)23)19-13(8-12-6-4-5-7-15(12)21)9-14(20(24)25)10-17(19)22-16/h4-7,9-10,22H,3,8H2,1-2H3,(H,24,25). The SMILES string of the molecule is CCc1[nH]c2cc(C(=O)O)cc(Cc3ccccc3Cl)c2c1C(C)=O. The zero-order valence-corrected chi connectivity index (χ0v) is 14.8. The van der Waals surface area contributed by atoms with Crippen LogP contribution in [-0.2, 0) is 12.8 Å². The molecule has 0 radical (unpaired) electrons. The van der Waals surface area contributed by atoms with E-state index in [9.17, 15) is 14.7 Å². The zero-order valence-electron chi connectivity index (χ0n) is 14.0. The molecule has 3 rings (SSSR count). The lowest BCUT2D eigenvalue weighted by Crippen LogP contribution is -2.02. The van der Waals surface area contributed by atoms with E-state index in [1.807, 2.05) is 25.1 Å². The minimum atomic E-state index is -1.00. The molecule has 0 saturated carbocycles. The molecular weight excluding hydrogens is 338 g/mol. The normalized spacial score (nSPS) is 11.0. The Balaban J connectivity index is 2.30. The molecule has 0 aliphatic heterocycles. The summed E-state index contributed by atoms with van der Waals surface area (Å²) in [7, 11) is 0. The van der Waals surface area contributed by atoms with Gasteiger partial charge in [-0.15, -0.1) is 0 Å². The van der Waals surface area contributed by atoms with Gasteiger partial charge in [0.15, 0.2) is 5.78 Å². The van der Waals surface area contributed by atoms with Gasteiger partial charge in [-0.1, -0.05) is 36.7 Å². The van der Waals surface area contributed by atoms with Gasteiger partial charge in [-0.05, 0) is 49.1 Å². The number of aryl methyl sites for hydroxylation is 1. The predicted molar refractivity (Wildman–Crippen MR) is 98.9 cm³/mol. The molecule has 2 N–H and O–H groups in total. The molecule has 0 fully saturated rings. The maximum absolute atomic E-state index is 12.2. The topological polar surface area (TPSA) is 70.2 Å². The minimum Gasteiger partial charge on any atom is -0.478 e. The van der Waals surface area contributed by atoms with E-state index < -0.39 is 5.97 Å². The fourth-order valence-corrected chi connectivity index (χ4v) is 3.44. The molecule has 128 valence electrons. The summed E-state index contributed by atoms with van der Waals surface area (Å²) in [5.41, 5.74) is 3.99. The number of carbonyl (C=O) groups excluding carboxylic acids is 1. The molecule has 5 heteroatoms. The molecule has 0 unspecified atom stereocenters. The molecule has 25 heavy (non-hydrogen) atoms. The second kappa shape index (κ2) is 6.73. The predicted octanol–water partition coefficient (Wildman–Crippen LogP) is 4.88. The van der Waals surface area contributed by atoms with E-state index in [0.29, 0.717) is 28.9 Å². The van der Waals surface area contributed by atoms with Gasteiger partial charge in [0.1, 0.15) is 0 Å². The first-order valence-electron chi connectivity index (χ1n) is 8.07. The number of H-pyrrole nitrogens is 1. The van der Waals surface area contributed by atoms with E-state index in [1.54, 1.807) is 18.2 Å². The molecule has 4 nitrogen and oxygen atoms in total. The number of hydrogen-bond donors (Lipinski definition) is 2. The molecule has 0 aliphatic carbocycles. The molecule has 0 atom stereocenters. The first-order valence-corrected chi connectivity index (χ1v) is 8.45. The lowest BCUT2D eigenvalue weighted by atomic mass is 9.95. The fourth-order valence-electron chi connectivity index (χ4n) is 3.24. The summed E-state index contributed by atoms with van der Waals surface area (Å²) in [5, 5.41) is 10.8. The second-order valence-corrected chi connectivity index (χ2v) is 6.43. The number of carboxylic acid groups (broad SMARTS) is 1. The van der Waals surface area contributed by atoms with Crippen LogP contribution < -0.4 is 0 Å². The Bertz CT molecular complexity index is 988.